The Balaban J connectivity index is 2.39. The van der Waals surface area contributed by atoms with Crippen LogP contribution in [-0.4, -0.2) is 31.5 Å². The third kappa shape index (κ3) is 8.64. The highest BCUT2D eigenvalue weighted by atomic mass is 19.4. The summed E-state index contributed by atoms with van der Waals surface area (Å²) >= 11 is 0. The van der Waals surface area contributed by atoms with Gasteiger partial charge in [0.25, 0.3) is 0 Å². The Morgan fingerprint density at radius 3 is 2.40 bits per heavy atom. The van der Waals surface area contributed by atoms with Crippen LogP contribution in [-0.2, 0) is 14.4 Å². The Kier molecular flexibility index (Phi) is 9.15. The van der Waals surface area contributed by atoms with E-state index in [4.69, 9.17) is 4.84 Å². The van der Waals surface area contributed by atoms with E-state index in [1.54, 1.807) is 24.3 Å². The second-order valence-electron chi connectivity index (χ2n) is 5.63. The molecule has 0 radical (unpaired) electrons. The lowest BCUT2D eigenvalue weighted by Gasteiger charge is -2.17. The normalized spacial score (nSPS) is 12.6. The Morgan fingerprint density at radius 2 is 1.80 bits per heavy atom. The van der Waals surface area contributed by atoms with Crippen molar-refractivity contribution in [1.29, 1.82) is 0 Å². The van der Waals surface area contributed by atoms with Crippen LogP contribution in [0.2, 0.25) is 0 Å². The van der Waals surface area contributed by atoms with Crippen LogP contribution < -0.4 is 10.8 Å². The van der Waals surface area contributed by atoms with E-state index in [-0.39, 0.29) is 18.9 Å². The highest BCUT2D eigenvalue weighted by Crippen LogP contribution is 2.20. The minimum Gasteiger partial charge on any atom is -0.326 e. The fourth-order valence-electron chi connectivity index (χ4n) is 2.27. The van der Waals surface area contributed by atoms with Crippen LogP contribution in [0.4, 0.5) is 18.9 Å². The Labute approximate surface area is 144 Å². The molecular weight excluding hydrogens is 337 g/mol. The number of amides is 1. The summed E-state index contributed by atoms with van der Waals surface area (Å²) in [4.78, 5) is 27.9. The maximum absolute atomic E-state index is 12.3. The SMILES string of the molecule is CONCC(CCCCCC(=O)C(F)(F)F)C(=O)Nc1ccccc1. The Morgan fingerprint density at radius 1 is 1.12 bits per heavy atom. The Bertz CT molecular complexity index is 536. The molecule has 0 aromatic heterocycles. The molecule has 1 unspecified atom stereocenters. The van der Waals surface area contributed by atoms with Crippen LogP contribution in [0.5, 0.6) is 0 Å². The molecule has 8 heteroatoms. The van der Waals surface area contributed by atoms with E-state index in [1.165, 1.54) is 7.11 Å². The predicted molar refractivity (Wildman–Crippen MR) is 87.7 cm³/mol. The van der Waals surface area contributed by atoms with E-state index in [0.29, 0.717) is 24.9 Å². The fraction of sp³-hybridized carbons (Fsp3) is 0.529. The average molecular weight is 360 g/mol. The van der Waals surface area contributed by atoms with Gasteiger partial charge < -0.3 is 10.2 Å². The van der Waals surface area contributed by atoms with Crippen molar-refractivity contribution in [3.8, 4) is 0 Å². The summed E-state index contributed by atoms with van der Waals surface area (Å²) in [5.41, 5.74) is 3.30. The maximum Gasteiger partial charge on any atom is 0.449 e. The maximum atomic E-state index is 12.3. The second-order valence-corrected chi connectivity index (χ2v) is 5.63. The van der Waals surface area contributed by atoms with Gasteiger partial charge in [-0.1, -0.05) is 31.0 Å². The van der Waals surface area contributed by atoms with E-state index < -0.39 is 24.3 Å². The van der Waals surface area contributed by atoms with Crippen molar-refractivity contribution in [2.24, 2.45) is 5.92 Å². The summed E-state index contributed by atoms with van der Waals surface area (Å²) in [6.45, 7) is 0.288. The largest absolute Gasteiger partial charge is 0.449 e. The van der Waals surface area contributed by atoms with Crippen LogP contribution in [0.1, 0.15) is 32.1 Å². The number of hydrogen-bond donors (Lipinski definition) is 2. The van der Waals surface area contributed by atoms with Crippen molar-refractivity contribution in [1.82, 2.24) is 5.48 Å². The third-order valence-corrected chi connectivity index (χ3v) is 3.66. The summed E-state index contributed by atoms with van der Waals surface area (Å²) in [5.74, 6) is -2.28. The van der Waals surface area contributed by atoms with Crippen molar-refractivity contribution in [2.45, 2.75) is 38.3 Å². The minimum atomic E-state index is -4.76. The summed E-state index contributed by atoms with van der Waals surface area (Å²) in [7, 11) is 1.44. The molecule has 1 amide bonds. The summed E-state index contributed by atoms with van der Waals surface area (Å²) in [6, 6.07) is 8.97. The topological polar surface area (TPSA) is 67.4 Å². The predicted octanol–water partition coefficient (Wildman–Crippen LogP) is 3.47. The molecule has 1 rings (SSSR count). The highest BCUT2D eigenvalue weighted by molar-refractivity contribution is 5.92. The van der Waals surface area contributed by atoms with Gasteiger partial charge in [-0.25, -0.2) is 5.48 Å². The molecule has 0 aliphatic rings. The molecule has 0 spiro atoms. The van der Waals surface area contributed by atoms with Crippen LogP contribution in [0.3, 0.4) is 0 Å². The number of carbonyl (C=O) groups excluding carboxylic acids is 2. The molecular formula is C17H23F3N2O3. The second kappa shape index (κ2) is 10.8. The highest BCUT2D eigenvalue weighted by Gasteiger charge is 2.37. The van der Waals surface area contributed by atoms with Crippen molar-refractivity contribution < 1.29 is 27.6 Å². The van der Waals surface area contributed by atoms with Gasteiger partial charge in [0.2, 0.25) is 11.7 Å². The number of rotatable bonds is 11. The number of para-hydroxylation sites is 1. The van der Waals surface area contributed by atoms with Gasteiger partial charge in [-0.2, -0.15) is 13.2 Å². The monoisotopic (exact) mass is 360 g/mol. The Hall–Kier alpha value is -1.93. The van der Waals surface area contributed by atoms with Gasteiger partial charge >= 0.3 is 6.18 Å². The molecule has 0 aliphatic heterocycles. The number of hydrogen-bond acceptors (Lipinski definition) is 4. The first kappa shape index (κ1) is 21.1. The lowest BCUT2D eigenvalue weighted by molar-refractivity contribution is -0.171. The quantitative estimate of drug-likeness (QED) is 0.468. The molecule has 0 fully saturated rings. The number of nitrogens with one attached hydrogen (secondary N) is 2. The van der Waals surface area contributed by atoms with Gasteiger partial charge in [0.15, 0.2) is 0 Å². The first-order valence-corrected chi connectivity index (χ1v) is 8.06. The molecule has 1 aromatic rings. The lowest BCUT2D eigenvalue weighted by atomic mass is 9.99. The number of benzene rings is 1. The number of hydroxylamine groups is 1. The van der Waals surface area contributed by atoms with Crippen LogP contribution >= 0.6 is 0 Å². The van der Waals surface area contributed by atoms with Crippen LogP contribution in [0.15, 0.2) is 30.3 Å². The first-order chi connectivity index (χ1) is 11.8. The zero-order valence-electron chi connectivity index (χ0n) is 14.1. The van der Waals surface area contributed by atoms with Crippen molar-refractivity contribution >= 4 is 17.4 Å². The van der Waals surface area contributed by atoms with Crippen molar-refractivity contribution in [3.63, 3.8) is 0 Å². The zero-order chi connectivity index (χ0) is 18.7. The lowest BCUT2D eigenvalue weighted by Crippen LogP contribution is -2.32. The number of unbranched alkanes of at least 4 members (excludes halogenated alkanes) is 2. The number of carbonyl (C=O) groups is 2. The van der Waals surface area contributed by atoms with E-state index >= 15 is 0 Å². The van der Waals surface area contributed by atoms with Gasteiger partial charge in [-0.15, -0.1) is 0 Å². The summed E-state index contributed by atoms with van der Waals surface area (Å²) in [6.07, 6.45) is -3.65. The number of anilines is 1. The van der Waals surface area contributed by atoms with Gasteiger partial charge in [-0.05, 0) is 25.0 Å². The first-order valence-electron chi connectivity index (χ1n) is 8.06. The average Bonchev–Trinajstić information content (AvgIpc) is 2.57. The van der Waals surface area contributed by atoms with Gasteiger partial charge in [0, 0.05) is 18.7 Å². The smallest absolute Gasteiger partial charge is 0.326 e. The van der Waals surface area contributed by atoms with E-state index in [9.17, 15) is 22.8 Å². The standard InChI is InChI=1S/C17H23F3N2O3/c1-25-21-12-13(16(24)22-14-9-5-3-6-10-14)8-4-2-7-11-15(23)17(18,19)20/h3,5-6,9-10,13,21H,2,4,7-8,11-12H2,1H3,(H,22,24). The van der Waals surface area contributed by atoms with E-state index in [1.807, 2.05) is 6.07 Å². The van der Waals surface area contributed by atoms with E-state index in [0.717, 1.165) is 0 Å². The summed E-state index contributed by atoms with van der Waals surface area (Å²) in [5, 5.41) is 2.79. The third-order valence-electron chi connectivity index (χ3n) is 3.66. The molecule has 25 heavy (non-hydrogen) atoms. The molecule has 2 N–H and O–H groups in total. The minimum absolute atomic E-state index is 0.156. The molecule has 0 heterocycles. The number of ketones is 1. The van der Waals surface area contributed by atoms with Gasteiger partial charge in [-0.3, -0.25) is 9.59 Å². The number of alkyl halides is 3. The molecule has 5 nitrogen and oxygen atoms in total. The molecule has 0 aliphatic carbocycles. The number of Topliss-reactive ketones (excluding diaryl/α,β-unsaturated/α-hetero) is 1. The van der Waals surface area contributed by atoms with Crippen LogP contribution in [0.25, 0.3) is 0 Å². The molecule has 1 aromatic carbocycles. The molecule has 0 bridgehead atoms. The van der Waals surface area contributed by atoms with E-state index in [2.05, 4.69) is 10.8 Å². The zero-order valence-corrected chi connectivity index (χ0v) is 14.1. The van der Waals surface area contributed by atoms with Crippen molar-refractivity contribution in [3.05, 3.63) is 30.3 Å². The molecule has 140 valence electrons. The van der Waals surface area contributed by atoms with Gasteiger partial charge in [0.05, 0.1) is 13.0 Å². The van der Waals surface area contributed by atoms with Crippen molar-refractivity contribution in [2.75, 3.05) is 19.0 Å². The summed E-state index contributed by atoms with van der Waals surface area (Å²) < 4.78 is 36.3. The fourth-order valence-corrected chi connectivity index (χ4v) is 2.27. The van der Waals surface area contributed by atoms with Gasteiger partial charge in [0.1, 0.15) is 0 Å². The van der Waals surface area contributed by atoms with Crippen LogP contribution in [0, 0.1) is 5.92 Å². The molecule has 0 saturated heterocycles. The molecule has 0 saturated carbocycles. The molecule has 1 atom stereocenters. The number of halogens is 3.